The molecule has 0 aliphatic carbocycles. The Labute approximate surface area is 307 Å². The highest BCUT2D eigenvalue weighted by Crippen LogP contribution is 2.41. The van der Waals surface area contributed by atoms with Crippen molar-refractivity contribution in [3.8, 4) is 67.3 Å². The highest BCUT2D eigenvalue weighted by Gasteiger charge is 2.18. The van der Waals surface area contributed by atoms with Crippen LogP contribution in [0.5, 0.6) is 0 Å². The number of aromatic nitrogens is 2. The maximum atomic E-state index is 6.35. The molecule has 0 fully saturated rings. The van der Waals surface area contributed by atoms with Gasteiger partial charge in [-0.3, -0.25) is 0 Å². The van der Waals surface area contributed by atoms with Gasteiger partial charge in [-0.2, -0.15) is 0 Å². The van der Waals surface area contributed by atoms with Crippen LogP contribution in [0.4, 0.5) is 0 Å². The van der Waals surface area contributed by atoms with Crippen molar-refractivity contribution in [2.75, 3.05) is 0 Å². The minimum absolute atomic E-state index is 0.694. The van der Waals surface area contributed by atoms with Gasteiger partial charge in [-0.1, -0.05) is 152 Å². The molecule has 3 heteroatoms. The van der Waals surface area contributed by atoms with Gasteiger partial charge in [0.2, 0.25) is 0 Å². The van der Waals surface area contributed by atoms with Crippen molar-refractivity contribution in [3.05, 3.63) is 194 Å². The summed E-state index contributed by atoms with van der Waals surface area (Å²) in [5, 5.41) is 4.48. The molecule has 2 aromatic heterocycles. The van der Waals surface area contributed by atoms with Crippen LogP contribution in [0.15, 0.2) is 199 Å². The number of fused-ring (bicyclic) bond motifs is 4. The number of furan rings is 1. The standard InChI is InChI=1S/C50H32N2O/c1-3-14-33(15-4-1)36-20-11-21-37(28-36)38-29-39(42-24-13-27-48-49(42)44-23-9-10-26-47(44)53-48)31-40(30-38)46-32-45(35-17-5-2-6-18-35)51-50(52-46)43-25-12-19-34-16-7-8-22-41(34)43/h1-32H. The van der Waals surface area contributed by atoms with E-state index in [1.54, 1.807) is 0 Å². The molecule has 0 aliphatic heterocycles. The molecule has 10 rings (SSSR count). The molecule has 0 saturated carbocycles. The first-order valence-corrected chi connectivity index (χ1v) is 17.9. The molecular weight excluding hydrogens is 645 g/mol. The molecule has 0 spiro atoms. The number of benzene rings is 8. The molecule has 10 aromatic rings. The summed E-state index contributed by atoms with van der Waals surface area (Å²) in [7, 11) is 0. The van der Waals surface area contributed by atoms with Crippen molar-refractivity contribution < 1.29 is 4.42 Å². The van der Waals surface area contributed by atoms with Crippen LogP contribution in [-0.4, -0.2) is 9.97 Å². The van der Waals surface area contributed by atoms with Crippen LogP contribution in [0.25, 0.3) is 100.0 Å². The molecule has 0 amide bonds. The molecule has 0 bridgehead atoms. The van der Waals surface area contributed by atoms with Gasteiger partial charge >= 0.3 is 0 Å². The minimum Gasteiger partial charge on any atom is -0.456 e. The molecule has 53 heavy (non-hydrogen) atoms. The lowest BCUT2D eigenvalue weighted by atomic mass is 9.91. The lowest BCUT2D eigenvalue weighted by molar-refractivity contribution is 0.669. The Morgan fingerprint density at radius 2 is 0.849 bits per heavy atom. The Balaban J connectivity index is 1.24. The Morgan fingerprint density at radius 1 is 0.321 bits per heavy atom. The molecular formula is C50H32N2O. The molecule has 0 unspecified atom stereocenters. The lowest BCUT2D eigenvalue weighted by Crippen LogP contribution is -1.97. The van der Waals surface area contributed by atoms with E-state index in [1.807, 2.05) is 18.2 Å². The predicted molar refractivity (Wildman–Crippen MR) is 219 cm³/mol. The van der Waals surface area contributed by atoms with Gasteiger partial charge in [0.05, 0.1) is 11.4 Å². The Hall–Kier alpha value is -7.10. The fraction of sp³-hybridized carbons (Fsp3) is 0. The highest BCUT2D eigenvalue weighted by atomic mass is 16.3. The van der Waals surface area contributed by atoms with E-state index in [1.165, 1.54) is 11.1 Å². The normalized spacial score (nSPS) is 11.4. The van der Waals surface area contributed by atoms with Gasteiger partial charge in [0.15, 0.2) is 5.82 Å². The zero-order valence-electron chi connectivity index (χ0n) is 28.8. The summed E-state index contributed by atoms with van der Waals surface area (Å²) in [6.07, 6.45) is 0. The third-order valence-corrected chi connectivity index (χ3v) is 10.1. The van der Waals surface area contributed by atoms with Crippen molar-refractivity contribution in [1.29, 1.82) is 0 Å². The van der Waals surface area contributed by atoms with Gasteiger partial charge in [0, 0.05) is 27.5 Å². The Kier molecular flexibility index (Phi) is 7.47. The SMILES string of the molecule is c1ccc(-c2cccc(-c3cc(-c4cc(-c5ccccc5)nc(-c5cccc6ccccc56)n4)cc(-c4cccc5oc6ccccc6c45)c3)c2)cc1. The van der Waals surface area contributed by atoms with E-state index in [4.69, 9.17) is 14.4 Å². The van der Waals surface area contributed by atoms with Gasteiger partial charge in [0.25, 0.3) is 0 Å². The monoisotopic (exact) mass is 676 g/mol. The minimum atomic E-state index is 0.694. The summed E-state index contributed by atoms with van der Waals surface area (Å²) in [4.78, 5) is 10.6. The second kappa shape index (κ2) is 12.9. The summed E-state index contributed by atoms with van der Waals surface area (Å²) in [6.45, 7) is 0. The van der Waals surface area contributed by atoms with Crippen LogP contribution in [-0.2, 0) is 0 Å². The van der Waals surface area contributed by atoms with Gasteiger partial charge in [-0.25, -0.2) is 9.97 Å². The number of para-hydroxylation sites is 1. The van der Waals surface area contributed by atoms with E-state index in [9.17, 15) is 0 Å². The van der Waals surface area contributed by atoms with Crippen molar-refractivity contribution >= 4 is 32.7 Å². The first-order valence-electron chi connectivity index (χ1n) is 17.9. The van der Waals surface area contributed by atoms with Crippen LogP contribution >= 0.6 is 0 Å². The van der Waals surface area contributed by atoms with E-state index >= 15 is 0 Å². The van der Waals surface area contributed by atoms with Crippen molar-refractivity contribution in [1.82, 2.24) is 9.97 Å². The second-order valence-corrected chi connectivity index (χ2v) is 13.4. The van der Waals surface area contributed by atoms with E-state index in [-0.39, 0.29) is 0 Å². The Morgan fingerprint density at radius 3 is 1.68 bits per heavy atom. The fourth-order valence-corrected chi connectivity index (χ4v) is 7.51. The van der Waals surface area contributed by atoms with Crippen molar-refractivity contribution in [2.45, 2.75) is 0 Å². The molecule has 0 N–H and O–H groups in total. The molecule has 0 saturated heterocycles. The second-order valence-electron chi connectivity index (χ2n) is 13.4. The number of nitrogens with zero attached hydrogens (tertiary/aromatic N) is 2. The van der Waals surface area contributed by atoms with Crippen LogP contribution < -0.4 is 0 Å². The first kappa shape index (κ1) is 30.7. The molecule has 0 aliphatic rings. The summed E-state index contributed by atoms with van der Waals surface area (Å²) in [6, 6.07) is 68.1. The zero-order valence-corrected chi connectivity index (χ0v) is 28.8. The zero-order chi connectivity index (χ0) is 35.1. The van der Waals surface area contributed by atoms with E-state index in [0.29, 0.717) is 5.82 Å². The summed E-state index contributed by atoms with van der Waals surface area (Å²) in [5.74, 6) is 0.694. The largest absolute Gasteiger partial charge is 0.456 e. The van der Waals surface area contributed by atoms with Crippen LogP contribution in [0.2, 0.25) is 0 Å². The van der Waals surface area contributed by atoms with Crippen LogP contribution in [0, 0.1) is 0 Å². The topological polar surface area (TPSA) is 38.9 Å². The molecule has 3 nitrogen and oxygen atoms in total. The van der Waals surface area contributed by atoms with Crippen LogP contribution in [0.1, 0.15) is 0 Å². The third kappa shape index (κ3) is 5.65. The summed E-state index contributed by atoms with van der Waals surface area (Å²) >= 11 is 0. The molecule has 0 atom stereocenters. The van der Waals surface area contributed by atoms with Gasteiger partial charge < -0.3 is 4.42 Å². The van der Waals surface area contributed by atoms with Gasteiger partial charge in [-0.15, -0.1) is 0 Å². The van der Waals surface area contributed by atoms with Crippen molar-refractivity contribution in [3.63, 3.8) is 0 Å². The first-order chi connectivity index (χ1) is 26.2. The summed E-state index contributed by atoms with van der Waals surface area (Å²) < 4.78 is 6.35. The van der Waals surface area contributed by atoms with Crippen LogP contribution in [0.3, 0.4) is 0 Å². The molecule has 0 radical (unpaired) electrons. The molecule has 2 heterocycles. The van der Waals surface area contributed by atoms with Gasteiger partial charge in [-0.05, 0) is 86.6 Å². The van der Waals surface area contributed by atoms with E-state index in [2.05, 4.69) is 176 Å². The maximum absolute atomic E-state index is 6.35. The maximum Gasteiger partial charge on any atom is 0.161 e. The van der Waals surface area contributed by atoms with E-state index < -0.39 is 0 Å². The van der Waals surface area contributed by atoms with Crippen molar-refractivity contribution in [2.24, 2.45) is 0 Å². The molecule has 8 aromatic carbocycles. The van der Waals surface area contributed by atoms with E-state index in [0.717, 1.165) is 83.0 Å². The number of hydrogen-bond acceptors (Lipinski definition) is 3. The smallest absolute Gasteiger partial charge is 0.161 e. The number of hydrogen-bond donors (Lipinski definition) is 0. The Bertz CT molecular complexity index is 2940. The fourth-order valence-electron chi connectivity index (χ4n) is 7.51. The average molecular weight is 677 g/mol. The lowest BCUT2D eigenvalue weighted by Gasteiger charge is -2.15. The van der Waals surface area contributed by atoms with Gasteiger partial charge in [0.1, 0.15) is 11.2 Å². The average Bonchev–Trinajstić information content (AvgIpc) is 3.63. The molecule has 248 valence electrons. The highest BCUT2D eigenvalue weighted by molar-refractivity contribution is 6.12. The third-order valence-electron chi connectivity index (χ3n) is 10.1. The number of rotatable bonds is 6. The summed E-state index contributed by atoms with van der Waals surface area (Å²) in [5.41, 5.74) is 13.3. The quantitative estimate of drug-likeness (QED) is 0.176. The predicted octanol–water partition coefficient (Wildman–Crippen LogP) is 13.5.